The molecule has 0 radical (unpaired) electrons. The Morgan fingerprint density at radius 1 is 1.00 bits per heavy atom. The quantitative estimate of drug-likeness (QED) is 0.538. The average Bonchev–Trinajstić information content (AvgIpc) is 2.80. The molecule has 2 amide bonds. The molecule has 5 heteroatoms. The number of aryl methyl sites for hydroxylation is 1. The second-order valence-corrected chi connectivity index (χ2v) is 7.75. The van der Waals surface area contributed by atoms with Crippen molar-refractivity contribution >= 4 is 22.6 Å². The van der Waals surface area contributed by atoms with E-state index in [-0.39, 0.29) is 24.2 Å². The molecule has 3 aromatic carbocycles. The van der Waals surface area contributed by atoms with Crippen LogP contribution >= 0.6 is 0 Å². The summed E-state index contributed by atoms with van der Waals surface area (Å²) in [7, 11) is 0. The van der Waals surface area contributed by atoms with Crippen molar-refractivity contribution in [1.82, 2.24) is 10.2 Å². The van der Waals surface area contributed by atoms with Crippen LogP contribution in [0.25, 0.3) is 10.8 Å². The molecule has 0 aliphatic rings. The molecule has 0 saturated heterocycles. The summed E-state index contributed by atoms with van der Waals surface area (Å²) >= 11 is 0. The standard InChI is InChI=1S/C26H29FN2O2/c1-3-17-28-26(31)19(2)29(18-20-11-14-23(27)15-12-20)25(30)16-13-22-9-6-8-21-7-4-5-10-24(21)22/h4-12,14-15,19H,3,13,16-18H2,1-2H3,(H,28,31)/t19-/m0/s1. The number of carbonyl (C=O) groups excluding carboxylic acids is 2. The maximum atomic E-state index is 13.3. The SMILES string of the molecule is CCCNC(=O)[C@H](C)N(Cc1ccc(F)cc1)C(=O)CCc1cccc2ccccc12. The predicted octanol–water partition coefficient (Wildman–Crippen LogP) is 4.86. The minimum absolute atomic E-state index is 0.101. The van der Waals surface area contributed by atoms with Gasteiger partial charge in [0.05, 0.1) is 0 Å². The first-order chi connectivity index (χ1) is 15.0. The van der Waals surface area contributed by atoms with Gasteiger partial charge in [-0.25, -0.2) is 4.39 Å². The van der Waals surface area contributed by atoms with E-state index in [9.17, 15) is 14.0 Å². The van der Waals surface area contributed by atoms with E-state index in [0.29, 0.717) is 19.4 Å². The number of hydrogen-bond acceptors (Lipinski definition) is 2. The van der Waals surface area contributed by atoms with Gasteiger partial charge in [0.25, 0.3) is 0 Å². The monoisotopic (exact) mass is 420 g/mol. The Kier molecular flexibility index (Phi) is 7.76. The molecule has 0 spiro atoms. The normalized spacial score (nSPS) is 11.8. The van der Waals surface area contributed by atoms with Crippen LogP contribution in [0.4, 0.5) is 4.39 Å². The van der Waals surface area contributed by atoms with Gasteiger partial charge >= 0.3 is 0 Å². The molecular weight excluding hydrogens is 391 g/mol. The van der Waals surface area contributed by atoms with Crippen LogP contribution in [-0.2, 0) is 22.6 Å². The number of hydrogen-bond donors (Lipinski definition) is 1. The van der Waals surface area contributed by atoms with E-state index in [0.717, 1.165) is 28.3 Å². The summed E-state index contributed by atoms with van der Waals surface area (Å²) in [4.78, 5) is 27.4. The number of halogens is 1. The van der Waals surface area contributed by atoms with Gasteiger partial charge in [0.2, 0.25) is 11.8 Å². The molecular formula is C26H29FN2O2. The summed E-state index contributed by atoms with van der Waals surface area (Å²) < 4.78 is 13.3. The Hall–Kier alpha value is -3.21. The molecule has 0 fully saturated rings. The van der Waals surface area contributed by atoms with Gasteiger partial charge in [-0.3, -0.25) is 9.59 Å². The Morgan fingerprint density at radius 3 is 2.45 bits per heavy atom. The van der Waals surface area contributed by atoms with Crippen LogP contribution < -0.4 is 5.32 Å². The number of nitrogens with one attached hydrogen (secondary N) is 1. The van der Waals surface area contributed by atoms with Crippen molar-refractivity contribution in [3.63, 3.8) is 0 Å². The van der Waals surface area contributed by atoms with E-state index >= 15 is 0 Å². The fourth-order valence-electron chi connectivity index (χ4n) is 3.66. The average molecular weight is 421 g/mol. The van der Waals surface area contributed by atoms with Crippen LogP contribution in [0.2, 0.25) is 0 Å². The number of rotatable bonds is 9. The summed E-state index contributed by atoms with van der Waals surface area (Å²) in [5.41, 5.74) is 1.89. The third-order valence-electron chi connectivity index (χ3n) is 5.47. The first-order valence-electron chi connectivity index (χ1n) is 10.8. The molecule has 0 heterocycles. The second kappa shape index (κ2) is 10.7. The molecule has 0 saturated carbocycles. The zero-order valence-electron chi connectivity index (χ0n) is 18.1. The van der Waals surface area contributed by atoms with Crippen LogP contribution in [0.1, 0.15) is 37.8 Å². The van der Waals surface area contributed by atoms with Crippen LogP contribution in [-0.4, -0.2) is 29.3 Å². The third kappa shape index (κ3) is 5.91. The summed E-state index contributed by atoms with van der Waals surface area (Å²) in [5, 5.41) is 5.14. The lowest BCUT2D eigenvalue weighted by Crippen LogP contribution is -2.47. The van der Waals surface area contributed by atoms with Crippen molar-refractivity contribution in [2.24, 2.45) is 0 Å². The van der Waals surface area contributed by atoms with Gasteiger partial charge in [-0.1, -0.05) is 61.5 Å². The van der Waals surface area contributed by atoms with E-state index in [1.165, 1.54) is 12.1 Å². The number of fused-ring (bicyclic) bond motifs is 1. The summed E-state index contributed by atoms with van der Waals surface area (Å²) in [6, 6.07) is 19.6. The topological polar surface area (TPSA) is 49.4 Å². The zero-order valence-corrected chi connectivity index (χ0v) is 18.1. The molecule has 31 heavy (non-hydrogen) atoms. The maximum Gasteiger partial charge on any atom is 0.242 e. The molecule has 3 aromatic rings. The largest absolute Gasteiger partial charge is 0.354 e. The van der Waals surface area contributed by atoms with E-state index in [4.69, 9.17) is 0 Å². The maximum absolute atomic E-state index is 13.3. The fourth-order valence-corrected chi connectivity index (χ4v) is 3.66. The van der Waals surface area contributed by atoms with Crippen molar-refractivity contribution in [1.29, 1.82) is 0 Å². The summed E-state index contributed by atoms with van der Waals surface area (Å²) in [6.07, 6.45) is 1.70. The van der Waals surface area contributed by atoms with Gasteiger partial charge in [0, 0.05) is 19.5 Å². The predicted molar refractivity (Wildman–Crippen MR) is 122 cm³/mol. The van der Waals surface area contributed by atoms with Crippen LogP contribution in [0.15, 0.2) is 66.7 Å². The fraction of sp³-hybridized carbons (Fsp3) is 0.308. The van der Waals surface area contributed by atoms with E-state index < -0.39 is 6.04 Å². The Morgan fingerprint density at radius 2 is 1.71 bits per heavy atom. The van der Waals surface area contributed by atoms with Gasteiger partial charge in [-0.15, -0.1) is 0 Å². The first-order valence-corrected chi connectivity index (χ1v) is 10.8. The van der Waals surface area contributed by atoms with Gasteiger partial charge < -0.3 is 10.2 Å². The minimum atomic E-state index is -0.614. The molecule has 1 N–H and O–H groups in total. The van der Waals surface area contributed by atoms with Crippen molar-refractivity contribution in [2.75, 3.05) is 6.54 Å². The van der Waals surface area contributed by atoms with E-state index in [1.807, 2.05) is 31.2 Å². The zero-order chi connectivity index (χ0) is 22.2. The van der Waals surface area contributed by atoms with Crippen molar-refractivity contribution in [3.8, 4) is 0 Å². The number of amides is 2. The van der Waals surface area contributed by atoms with E-state index in [2.05, 4.69) is 23.5 Å². The minimum Gasteiger partial charge on any atom is -0.354 e. The molecule has 0 aromatic heterocycles. The highest BCUT2D eigenvalue weighted by molar-refractivity contribution is 5.88. The molecule has 0 aliphatic heterocycles. The van der Waals surface area contributed by atoms with Gasteiger partial charge in [0.1, 0.15) is 11.9 Å². The van der Waals surface area contributed by atoms with Crippen LogP contribution in [0.5, 0.6) is 0 Å². The van der Waals surface area contributed by atoms with Gasteiger partial charge in [-0.05, 0) is 53.8 Å². The molecule has 0 bridgehead atoms. The molecule has 3 rings (SSSR count). The number of carbonyl (C=O) groups is 2. The highest BCUT2D eigenvalue weighted by atomic mass is 19.1. The molecule has 0 unspecified atom stereocenters. The van der Waals surface area contributed by atoms with E-state index in [1.54, 1.807) is 24.0 Å². The third-order valence-corrected chi connectivity index (χ3v) is 5.47. The lowest BCUT2D eigenvalue weighted by Gasteiger charge is -2.29. The van der Waals surface area contributed by atoms with Crippen molar-refractivity contribution in [3.05, 3.63) is 83.7 Å². The lowest BCUT2D eigenvalue weighted by atomic mass is 10.0. The van der Waals surface area contributed by atoms with Gasteiger partial charge in [0.15, 0.2) is 0 Å². The van der Waals surface area contributed by atoms with Crippen molar-refractivity contribution in [2.45, 2.75) is 45.7 Å². The Balaban J connectivity index is 1.77. The Labute approximate surface area is 183 Å². The highest BCUT2D eigenvalue weighted by Gasteiger charge is 2.25. The number of benzene rings is 3. The molecule has 1 atom stereocenters. The smallest absolute Gasteiger partial charge is 0.242 e. The van der Waals surface area contributed by atoms with Crippen LogP contribution in [0.3, 0.4) is 0 Å². The molecule has 4 nitrogen and oxygen atoms in total. The molecule has 0 aliphatic carbocycles. The second-order valence-electron chi connectivity index (χ2n) is 7.75. The van der Waals surface area contributed by atoms with Gasteiger partial charge in [-0.2, -0.15) is 0 Å². The molecule has 162 valence electrons. The summed E-state index contributed by atoms with van der Waals surface area (Å²) in [5.74, 6) is -0.606. The summed E-state index contributed by atoms with van der Waals surface area (Å²) in [6.45, 7) is 4.55. The van der Waals surface area contributed by atoms with Crippen LogP contribution in [0, 0.1) is 5.82 Å². The van der Waals surface area contributed by atoms with Crippen molar-refractivity contribution < 1.29 is 14.0 Å². The lowest BCUT2D eigenvalue weighted by molar-refractivity contribution is -0.140. The first kappa shape index (κ1) is 22.5. The Bertz CT molecular complexity index is 1030. The highest BCUT2D eigenvalue weighted by Crippen LogP contribution is 2.21. The number of nitrogens with zero attached hydrogens (tertiary/aromatic N) is 1.